The smallest absolute Gasteiger partial charge is 0.248 e. The van der Waals surface area contributed by atoms with E-state index in [0.29, 0.717) is 42.6 Å². The first-order valence-electron chi connectivity index (χ1n) is 19.6. The Morgan fingerprint density at radius 3 is 2.45 bits per heavy atom. The molecule has 2 fully saturated rings. The van der Waals surface area contributed by atoms with Gasteiger partial charge in [0.25, 0.3) is 0 Å². The molecule has 0 radical (unpaired) electrons. The van der Waals surface area contributed by atoms with Crippen LogP contribution in [-0.4, -0.2) is 93.3 Å². The first-order chi connectivity index (χ1) is 25.2. The summed E-state index contributed by atoms with van der Waals surface area (Å²) in [5.74, 6) is 0.919. The summed E-state index contributed by atoms with van der Waals surface area (Å²) in [6.07, 6.45) is 10.2. The molecule has 53 heavy (non-hydrogen) atoms. The molecule has 1 aliphatic carbocycles. The normalized spacial score (nSPS) is 26.0. The number of nitrogens with zero attached hydrogens (tertiary/aromatic N) is 3. The number of halogens is 1. The molecule has 8 atom stereocenters. The van der Waals surface area contributed by atoms with Crippen LogP contribution >= 0.6 is 11.6 Å². The average Bonchev–Trinajstić information content (AvgIpc) is 3.12. The van der Waals surface area contributed by atoms with Crippen LogP contribution in [0.4, 0.5) is 5.69 Å². The van der Waals surface area contributed by atoms with Gasteiger partial charge in [-0.15, -0.1) is 0 Å². The van der Waals surface area contributed by atoms with Crippen molar-refractivity contribution in [1.82, 2.24) is 9.80 Å². The Hall–Kier alpha value is -2.47. The fraction of sp³-hybridized carbons (Fsp3) is 0.643. The molecule has 9 nitrogen and oxygen atoms in total. The van der Waals surface area contributed by atoms with Crippen LogP contribution in [0.5, 0.6) is 5.75 Å². The number of anilines is 1. The van der Waals surface area contributed by atoms with Crippen LogP contribution in [0.3, 0.4) is 0 Å². The minimum absolute atomic E-state index is 0.0507. The topological polar surface area (TPSA) is 109 Å². The van der Waals surface area contributed by atoms with E-state index in [1.165, 1.54) is 5.56 Å². The van der Waals surface area contributed by atoms with Crippen molar-refractivity contribution in [1.29, 1.82) is 0 Å². The molecule has 2 aromatic rings. The van der Waals surface area contributed by atoms with E-state index in [-0.39, 0.29) is 17.1 Å². The monoisotopic (exact) mass is 770 g/mol. The van der Waals surface area contributed by atoms with Gasteiger partial charge < -0.3 is 24.7 Å². The maximum Gasteiger partial charge on any atom is 0.248 e. The number of benzene rings is 2. The van der Waals surface area contributed by atoms with Gasteiger partial charge >= 0.3 is 0 Å². The van der Waals surface area contributed by atoms with E-state index >= 15 is 0 Å². The SMILES string of the molecule is CO[C@@](/C=C/C[C@@H](C)[C@@H](C)S(=O)O)(CN1C[C@@H](C)N(C(C)C)[C@@H](C)C1)[C@@H]1CC[C@H]1CN1CCCCc2cc(Cl)ccc2COc2ccc(C(N)=O)cc21. The largest absolute Gasteiger partial charge is 0.487 e. The van der Waals surface area contributed by atoms with Crippen molar-refractivity contribution in [3.63, 3.8) is 0 Å². The summed E-state index contributed by atoms with van der Waals surface area (Å²) < 4.78 is 34.9. The molecule has 2 aromatic carbocycles. The molecule has 294 valence electrons. The molecule has 1 saturated carbocycles. The minimum atomic E-state index is -1.87. The third kappa shape index (κ3) is 10.0. The van der Waals surface area contributed by atoms with Crippen LogP contribution in [0, 0.1) is 17.8 Å². The van der Waals surface area contributed by atoms with Gasteiger partial charge in [-0.2, -0.15) is 0 Å². The lowest BCUT2D eigenvalue weighted by Gasteiger charge is -2.53. The van der Waals surface area contributed by atoms with E-state index in [0.717, 1.165) is 86.9 Å². The van der Waals surface area contributed by atoms with Crippen LogP contribution in [0.1, 0.15) is 95.1 Å². The molecule has 0 spiro atoms. The zero-order valence-electron chi connectivity index (χ0n) is 32.9. The van der Waals surface area contributed by atoms with E-state index in [4.69, 9.17) is 26.8 Å². The average molecular weight is 772 g/mol. The summed E-state index contributed by atoms with van der Waals surface area (Å²) in [6, 6.07) is 12.9. The summed E-state index contributed by atoms with van der Waals surface area (Å²) >= 11 is 4.53. The Kier molecular flexibility index (Phi) is 14.5. The number of methoxy groups -OCH3 is 1. The number of fused-ring (bicyclic) bond motifs is 2. The van der Waals surface area contributed by atoms with Gasteiger partial charge in [0.15, 0.2) is 11.1 Å². The maximum atomic E-state index is 12.4. The summed E-state index contributed by atoms with van der Waals surface area (Å²) in [7, 11) is 1.85. The lowest BCUT2D eigenvalue weighted by molar-refractivity contribution is -0.104. The summed E-state index contributed by atoms with van der Waals surface area (Å²) in [4.78, 5) is 20.1. The Bertz CT molecular complexity index is 1600. The van der Waals surface area contributed by atoms with E-state index < -0.39 is 22.6 Å². The quantitative estimate of drug-likeness (QED) is 0.159. The van der Waals surface area contributed by atoms with Crippen LogP contribution in [0.2, 0.25) is 5.02 Å². The van der Waals surface area contributed by atoms with Crippen molar-refractivity contribution in [2.45, 2.75) is 116 Å². The lowest BCUT2D eigenvalue weighted by Crippen LogP contribution is -2.63. The molecule has 0 bridgehead atoms. The maximum absolute atomic E-state index is 12.4. The highest BCUT2D eigenvalue weighted by atomic mass is 35.5. The number of primary amides is 1. The molecule has 5 rings (SSSR count). The molecule has 3 N–H and O–H groups in total. The van der Waals surface area contributed by atoms with Gasteiger partial charge in [0, 0.05) is 68.5 Å². The lowest BCUT2D eigenvalue weighted by atomic mass is 9.63. The first kappa shape index (κ1) is 41.7. The van der Waals surface area contributed by atoms with Crippen molar-refractivity contribution in [2.24, 2.45) is 23.5 Å². The number of rotatable bonds is 13. The number of aryl methyl sites for hydroxylation is 1. The number of piperazine rings is 1. The summed E-state index contributed by atoms with van der Waals surface area (Å²) in [5.41, 5.74) is 8.98. The molecular formula is C42H63ClN4O5S. The third-order valence-corrected chi connectivity index (χ3v) is 13.6. The van der Waals surface area contributed by atoms with Gasteiger partial charge in [0.1, 0.15) is 18.0 Å². The molecule has 2 aliphatic heterocycles. The van der Waals surface area contributed by atoms with Crippen molar-refractivity contribution >= 4 is 34.3 Å². The van der Waals surface area contributed by atoms with Crippen molar-refractivity contribution in [2.75, 3.05) is 44.7 Å². The van der Waals surface area contributed by atoms with Gasteiger partial charge in [-0.25, -0.2) is 4.21 Å². The molecule has 0 aromatic heterocycles. The van der Waals surface area contributed by atoms with Crippen molar-refractivity contribution in [3.05, 3.63) is 70.3 Å². The van der Waals surface area contributed by atoms with E-state index in [9.17, 15) is 13.6 Å². The highest BCUT2D eigenvalue weighted by molar-refractivity contribution is 7.79. The van der Waals surface area contributed by atoms with Gasteiger partial charge in [-0.05, 0) is 132 Å². The number of hydrogen-bond acceptors (Lipinski definition) is 7. The van der Waals surface area contributed by atoms with Gasteiger partial charge in [0.05, 0.1) is 10.9 Å². The van der Waals surface area contributed by atoms with E-state index in [1.807, 2.05) is 39.2 Å². The number of allylic oxidation sites excluding steroid dienone is 1. The van der Waals surface area contributed by atoms with E-state index in [2.05, 4.69) is 66.7 Å². The number of nitrogens with two attached hydrogens (primary N) is 1. The van der Waals surface area contributed by atoms with Crippen molar-refractivity contribution in [3.8, 4) is 5.75 Å². The standard InChI is InChI=1S/C42H63ClN4O5S/c1-28(2)47-30(4)23-45(24-31(47)5)27-42(51-7,19-10-11-29(3)32(6)53(49)50)38-17-14-35(38)25-46-20-9-8-12-33-21-37(43)16-13-36(33)26-52-40-18-15-34(41(44)48)22-39(40)46/h10,13,15-16,18-19,21-22,28-32,35,38H,8-9,11-12,14,17,20,23-27H2,1-7H3,(H2,44,48)(H,49,50)/b19-10+/t29-,30-,31+,32-,35+,38-,42+/m1/s1. The molecule has 3 aliphatic rings. The predicted octanol–water partition coefficient (Wildman–Crippen LogP) is 7.57. The number of carbonyl (C=O) groups excluding carboxylic acids is 1. The molecule has 2 heterocycles. The molecule has 11 heteroatoms. The molecular weight excluding hydrogens is 708 g/mol. The van der Waals surface area contributed by atoms with Crippen LogP contribution in [0.15, 0.2) is 48.6 Å². The molecule has 1 unspecified atom stereocenters. The third-order valence-electron chi connectivity index (χ3n) is 12.3. The number of hydrogen-bond donors (Lipinski definition) is 2. The highest BCUT2D eigenvalue weighted by Gasteiger charge is 2.49. The van der Waals surface area contributed by atoms with Crippen LogP contribution in [0.25, 0.3) is 0 Å². The van der Waals surface area contributed by atoms with Gasteiger partial charge in [-0.1, -0.05) is 36.7 Å². The first-order valence-corrected chi connectivity index (χ1v) is 21.2. The van der Waals surface area contributed by atoms with Crippen LogP contribution in [-0.2, 0) is 28.8 Å². The second-order valence-corrected chi connectivity index (χ2v) is 18.0. The highest BCUT2D eigenvalue weighted by Crippen LogP contribution is 2.47. The fourth-order valence-electron chi connectivity index (χ4n) is 9.20. The predicted molar refractivity (Wildman–Crippen MR) is 217 cm³/mol. The number of ether oxygens (including phenoxy) is 2. The Labute approximate surface area is 325 Å². The zero-order chi connectivity index (χ0) is 38.4. The van der Waals surface area contributed by atoms with Crippen molar-refractivity contribution < 1.29 is 23.0 Å². The second kappa shape index (κ2) is 18.4. The zero-order valence-corrected chi connectivity index (χ0v) is 34.5. The van der Waals surface area contributed by atoms with Crippen LogP contribution < -0.4 is 15.4 Å². The minimum Gasteiger partial charge on any atom is -0.487 e. The fourth-order valence-corrected chi connectivity index (χ4v) is 9.90. The van der Waals surface area contributed by atoms with Gasteiger partial charge in [-0.3, -0.25) is 14.6 Å². The van der Waals surface area contributed by atoms with E-state index in [1.54, 1.807) is 6.07 Å². The summed E-state index contributed by atoms with van der Waals surface area (Å²) in [5, 5.41) is 0.414. The Morgan fingerprint density at radius 1 is 1.09 bits per heavy atom. The molecule has 1 amide bonds. The number of amides is 1. The second-order valence-electron chi connectivity index (χ2n) is 16.3. The Balaban J connectivity index is 1.45. The Morgan fingerprint density at radius 2 is 1.83 bits per heavy atom. The number of carbonyl (C=O) groups is 1. The summed E-state index contributed by atoms with van der Waals surface area (Å²) in [6.45, 7) is 17.9. The molecule has 1 saturated heterocycles. The van der Waals surface area contributed by atoms with Gasteiger partial charge in [0.2, 0.25) is 5.91 Å².